The molecule has 0 aliphatic rings. The maximum atomic E-state index is 12.5. The summed E-state index contributed by atoms with van der Waals surface area (Å²) in [5, 5.41) is 3.59. The first kappa shape index (κ1) is 19.3. The van der Waals surface area contributed by atoms with Gasteiger partial charge in [-0.3, -0.25) is 9.78 Å². The zero-order chi connectivity index (χ0) is 21.1. The van der Waals surface area contributed by atoms with E-state index in [1.165, 1.54) is 0 Å². The number of nitrogens with one attached hydrogen (secondary N) is 3. The van der Waals surface area contributed by atoms with Crippen LogP contribution in [0.5, 0.6) is 0 Å². The molecule has 4 heterocycles. The SMILES string of the molecule is CCOC(=O)c1cc2cc(-c3[nH]c(C(=O)NCc4ccncc4)nc3C)cnc2[nH]1. The van der Waals surface area contributed by atoms with Crippen molar-refractivity contribution in [3.05, 3.63) is 65.6 Å². The second-order valence-electron chi connectivity index (χ2n) is 6.65. The largest absolute Gasteiger partial charge is 0.461 e. The van der Waals surface area contributed by atoms with Crippen LogP contribution >= 0.6 is 0 Å². The van der Waals surface area contributed by atoms with Crippen molar-refractivity contribution >= 4 is 22.9 Å². The predicted octanol–water partition coefficient (Wildman–Crippen LogP) is 2.76. The Morgan fingerprint density at radius 3 is 2.73 bits per heavy atom. The maximum absolute atomic E-state index is 12.5. The standard InChI is InChI=1S/C21H20N6O3/c1-3-30-21(29)16-9-14-8-15(11-23-18(14)26-16)17-12(2)25-19(27-17)20(28)24-10-13-4-6-22-7-5-13/h4-9,11H,3,10H2,1-2H3,(H,23,26)(H,24,28)(H,25,27). The third-order valence-electron chi connectivity index (χ3n) is 4.56. The predicted molar refractivity (Wildman–Crippen MR) is 110 cm³/mol. The molecule has 1 amide bonds. The van der Waals surface area contributed by atoms with Crippen molar-refractivity contribution in [2.75, 3.05) is 6.61 Å². The summed E-state index contributed by atoms with van der Waals surface area (Å²) in [5.74, 6) is -0.512. The number of pyridine rings is 2. The number of aromatic nitrogens is 5. The van der Waals surface area contributed by atoms with Gasteiger partial charge in [0.1, 0.15) is 11.3 Å². The van der Waals surface area contributed by atoms with Crippen LogP contribution in [0.3, 0.4) is 0 Å². The van der Waals surface area contributed by atoms with Gasteiger partial charge in [0, 0.05) is 36.1 Å². The number of fused-ring (bicyclic) bond motifs is 1. The number of amides is 1. The molecule has 0 aromatic carbocycles. The second-order valence-corrected chi connectivity index (χ2v) is 6.65. The zero-order valence-electron chi connectivity index (χ0n) is 16.5. The average Bonchev–Trinajstić information content (AvgIpc) is 3.36. The number of hydrogen-bond acceptors (Lipinski definition) is 6. The first-order chi connectivity index (χ1) is 14.5. The van der Waals surface area contributed by atoms with Gasteiger partial charge >= 0.3 is 5.97 Å². The monoisotopic (exact) mass is 404 g/mol. The molecule has 4 aromatic rings. The average molecular weight is 404 g/mol. The molecular weight excluding hydrogens is 384 g/mol. The van der Waals surface area contributed by atoms with E-state index in [-0.39, 0.29) is 11.7 Å². The first-order valence-electron chi connectivity index (χ1n) is 9.45. The lowest BCUT2D eigenvalue weighted by Crippen LogP contribution is -2.24. The first-order valence-corrected chi connectivity index (χ1v) is 9.45. The molecule has 0 aliphatic carbocycles. The van der Waals surface area contributed by atoms with Crippen LogP contribution in [-0.4, -0.2) is 43.4 Å². The van der Waals surface area contributed by atoms with E-state index in [0.717, 1.165) is 16.5 Å². The highest BCUT2D eigenvalue weighted by Crippen LogP contribution is 2.25. The Morgan fingerprint density at radius 1 is 1.17 bits per heavy atom. The van der Waals surface area contributed by atoms with Crippen molar-refractivity contribution in [2.24, 2.45) is 0 Å². The van der Waals surface area contributed by atoms with E-state index in [0.29, 0.717) is 35.9 Å². The van der Waals surface area contributed by atoms with Crippen LogP contribution in [0, 0.1) is 6.92 Å². The van der Waals surface area contributed by atoms with Crippen LogP contribution in [0.2, 0.25) is 0 Å². The van der Waals surface area contributed by atoms with Crippen LogP contribution in [-0.2, 0) is 11.3 Å². The second kappa shape index (κ2) is 8.16. The van der Waals surface area contributed by atoms with Crippen LogP contribution in [0.15, 0.2) is 42.9 Å². The minimum Gasteiger partial charge on any atom is -0.461 e. The van der Waals surface area contributed by atoms with Gasteiger partial charge in [-0.15, -0.1) is 0 Å². The van der Waals surface area contributed by atoms with E-state index in [9.17, 15) is 9.59 Å². The summed E-state index contributed by atoms with van der Waals surface area (Å²) in [6.45, 7) is 4.25. The number of aryl methyl sites for hydroxylation is 1. The van der Waals surface area contributed by atoms with Gasteiger partial charge in [0.05, 0.1) is 18.0 Å². The Morgan fingerprint density at radius 2 is 1.97 bits per heavy atom. The Hall–Kier alpha value is -4.01. The number of ether oxygens (including phenoxy) is 1. The smallest absolute Gasteiger partial charge is 0.354 e. The number of imidazole rings is 1. The van der Waals surface area contributed by atoms with Crippen molar-refractivity contribution in [3.63, 3.8) is 0 Å². The number of aromatic amines is 2. The number of carbonyl (C=O) groups is 2. The van der Waals surface area contributed by atoms with Gasteiger partial charge in [-0.05, 0) is 43.7 Å². The Balaban J connectivity index is 1.55. The fraction of sp³-hybridized carbons (Fsp3) is 0.190. The highest BCUT2D eigenvalue weighted by Gasteiger charge is 2.17. The number of esters is 1. The topological polar surface area (TPSA) is 126 Å². The summed E-state index contributed by atoms with van der Waals surface area (Å²) in [6, 6.07) is 7.24. The molecule has 152 valence electrons. The summed E-state index contributed by atoms with van der Waals surface area (Å²) in [6.07, 6.45) is 5.01. The molecule has 9 nitrogen and oxygen atoms in total. The number of H-pyrrole nitrogens is 2. The molecular formula is C21H20N6O3. The Kier molecular flexibility index (Phi) is 5.25. The normalized spacial score (nSPS) is 10.9. The molecule has 4 rings (SSSR count). The molecule has 0 bridgehead atoms. The van der Waals surface area contributed by atoms with Crippen molar-refractivity contribution in [2.45, 2.75) is 20.4 Å². The van der Waals surface area contributed by atoms with Crippen LogP contribution in [0.1, 0.15) is 39.3 Å². The lowest BCUT2D eigenvalue weighted by molar-refractivity contribution is 0.0520. The van der Waals surface area contributed by atoms with Crippen LogP contribution in [0.25, 0.3) is 22.3 Å². The summed E-state index contributed by atoms with van der Waals surface area (Å²) in [7, 11) is 0. The molecule has 3 N–H and O–H groups in total. The summed E-state index contributed by atoms with van der Waals surface area (Å²) < 4.78 is 5.01. The van der Waals surface area contributed by atoms with E-state index >= 15 is 0 Å². The Bertz CT molecular complexity index is 1210. The number of hydrogen-bond donors (Lipinski definition) is 3. The van der Waals surface area contributed by atoms with E-state index in [4.69, 9.17) is 4.74 Å². The van der Waals surface area contributed by atoms with E-state index in [1.807, 2.05) is 25.1 Å². The third kappa shape index (κ3) is 3.90. The summed E-state index contributed by atoms with van der Waals surface area (Å²) in [5.41, 5.74) is 3.99. The molecule has 0 saturated heterocycles. The van der Waals surface area contributed by atoms with Gasteiger partial charge < -0.3 is 20.0 Å². The fourth-order valence-corrected chi connectivity index (χ4v) is 3.09. The molecule has 30 heavy (non-hydrogen) atoms. The highest BCUT2D eigenvalue weighted by molar-refractivity contribution is 5.95. The quantitative estimate of drug-likeness (QED) is 0.424. The molecule has 9 heteroatoms. The van der Waals surface area contributed by atoms with Crippen molar-refractivity contribution in [3.8, 4) is 11.3 Å². The molecule has 0 atom stereocenters. The molecule has 0 unspecified atom stereocenters. The summed E-state index contributed by atoms with van der Waals surface area (Å²) >= 11 is 0. The number of nitrogens with zero attached hydrogens (tertiary/aromatic N) is 3. The lowest BCUT2D eigenvalue weighted by atomic mass is 10.1. The van der Waals surface area contributed by atoms with Gasteiger partial charge in [0.25, 0.3) is 5.91 Å². The molecule has 0 spiro atoms. The summed E-state index contributed by atoms with van der Waals surface area (Å²) in [4.78, 5) is 43.1. The zero-order valence-corrected chi connectivity index (χ0v) is 16.5. The van der Waals surface area contributed by atoms with Crippen molar-refractivity contribution in [1.29, 1.82) is 0 Å². The van der Waals surface area contributed by atoms with Gasteiger partial charge in [-0.2, -0.15) is 0 Å². The van der Waals surface area contributed by atoms with Gasteiger partial charge in [-0.25, -0.2) is 14.8 Å². The van der Waals surface area contributed by atoms with E-state index < -0.39 is 5.97 Å². The minimum absolute atomic E-state index is 0.220. The third-order valence-corrected chi connectivity index (χ3v) is 4.56. The van der Waals surface area contributed by atoms with Crippen molar-refractivity contribution < 1.29 is 14.3 Å². The molecule has 0 aliphatic heterocycles. The Labute approximate surface area is 171 Å². The minimum atomic E-state index is -0.428. The van der Waals surface area contributed by atoms with Gasteiger partial charge in [0.15, 0.2) is 5.82 Å². The highest BCUT2D eigenvalue weighted by atomic mass is 16.5. The lowest BCUT2D eigenvalue weighted by Gasteiger charge is -2.02. The number of rotatable bonds is 6. The number of carbonyl (C=O) groups excluding carboxylic acids is 2. The molecule has 0 radical (unpaired) electrons. The van der Waals surface area contributed by atoms with E-state index in [2.05, 4.69) is 30.2 Å². The van der Waals surface area contributed by atoms with Gasteiger partial charge in [-0.1, -0.05) is 0 Å². The van der Waals surface area contributed by atoms with Crippen molar-refractivity contribution in [1.82, 2.24) is 30.2 Å². The van der Waals surface area contributed by atoms with Gasteiger partial charge in [0.2, 0.25) is 0 Å². The maximum Gasteiger partial charge on any atom is 0.354 e. The van der Waals surface area contributed by atoms with Crippen LogP contribution < -0.4 is 5.32 Å². The van der Waals surface area contributed by atoms with E-state index in [1.54, 1.807) is 31.6 Å². The molecule has 4 aromatic heterocycles. The fourth-order valence-electron chi connectivity index (χ4n) is 3.09. The molecule has 0 saturated carbocycles. The molecule has 0 fully saturated rings. The van der Waals surface area contributed by atoms with Crippen LogP contribution in [0.4, 0.5) is 0 Å².